The molecule has 2 atom stereocenters. The van der Waals surface area contributed by atoms with Gasteiger partial charge in [0.25, 0.3) is 0 Å². The number of carbonyl (C=O) groups is 1. The number of rotatable bonds is 10. The van der Waals surface area contributed by atoms with Gasteiger partial charge in [0.15, 0.2) is 6.35 Å². The topological polar surface area (TPSA) is 93.1 Å². The van der Waals surface area contributed by atoms with Crippen LogP contribution in [-0.2, 0) is 13.9 Å². The summed E-state index contributed by atoms with van der Waals surface area (Å²) >= 11 is 0. The fourth-order valence-electron chi connectivity index (χ4n) is 3.30. The fourth-order valence-corrected chi connectivity index (χ4v) is 5.15. The largest absolute Gasteiger partial charge is 0.483 e. The quantitative estimate of drug-likeness (QED) is 0.513. The van der Waals surface area contributed by atoms with Crippen molar-refractivity contribution in [3.8, 4) is 16.9 Å². The lowest BCUT2D eigenvalue weighted by atomic mass is 9.98. The fraction of sp³-hybridized carbons (Fsp3) is 0.409. The minimum Gasteiger partial charge on any atom is -0.483 e. The van der Waals surface area contributed by atoms with Crippen molar-refractivity contribution in [2.75, 3.05) is 19.1 Å². The Balaban J connectivity index is 2.35. The van der Waals surface area contributed by atoms with E-state index in [2.05, 4.69) is 0 Å². The van der Waals surface area contributed by atoms with Gasteiger partial charge < -0.3 is 19.5 Å². The number of aliphatic hydroxyl groups is 1. The zero-order valence-electron chi connectivity index (χ0n) is 17.6. The van der Waals surface area contributed by atoms with Crippen molar-refractivity contribution in [2.45, 2.75) is 40.2 Å². The Morgan fingerprint density at radius 1 is 1.17 bits per heavy atom. The molecular formula is C22H28FO6P. The number of carboxylic acids is 1. The molecule has 8 heteroatoms. The number of benzene rings is 2. The summed E-state index contributed by atoms with van der Waals surface area (Å²) in [7, 11) is -3.45. The maximum atomic E-state index is 13.7. The van der Waals surface area contributed by atoms with Gasteiger partial charge in [0, 0.05) is 5.56 Å². The Morgan fingerprint density at radius 2 is 1.87 bits per heavy atom. The number of hydrogen-bond donors (Lipinski definition) is 2. The first-order chi connectivity index (χ1) is 14.0. The number of ether oxygens (including phenoxy) is 1. The Labute approximate surface area is 176 Å². The molecular weight excluding hydrogens is 410 g/mol. The van der Waals surface area contributed by atoms with E-state index in [1.807, 2.05) is 26.0 Å². The highest BCUT2D eigenvalue weighted by molar-refractivity contribution is 7.58. The van der Waals surface area contributed by atoms with Crippen molar-refractivity contribution in [3.63, 3.8) is 0 Å². The number of carboxylic acid groups (broad SMARTS) is 1. The summed E-state index contributed by atoms with van der Waals surface area (Å²) in [6.45, 7) is 7.27. The summed E-state index contributed by atoms with van der Waals surface area (Å²) in [4.78, 5) is 10.8. The van der Waals surface area contributed by atoms with Gasteiger partial charge in [0.05, 0.1) is 25.3 Å². The molecule has 0 radical (unpaired) electrons. The molecule has 2 aromatic carbocycles. The molecule has 0 saturated carbocycles. The lowest BCUT2D eigenvalue weighted by molar-refractivity contribution is -0.138. The molecule has 0 aliphatic rings. The molecule has 0 spiro atoms. The maximum absolute atomic E-state index is 13.7. The van der Waals surface area contributed by atoms with Crippen LogP contribution in [0.1, 0.15) is 30.0 Å². The van der Waals surface area contributed by atoms with Crippen molar-refractivity contribution in [2.24, 2.45) is 0 Å². The van der Waals surface area contributed by atoms with Crippen LogP contribution in [-0.4, -0.2) is 41.4 Å². The summed E-state index contributed by atoms with van der Waals surface area (Å²) in [5.74, 6) is -1.01. The van der Waals surface area contributed by atoms with Crippen LogP contribution in [0.3, 0.4) is 0 Å². The molecule has 0 amide bonds. The number of aliphatic hydroxyl groups excluding tert-OH is 1. The smallest absolute Gasteiger partial charge is 0.305 e. The number of halogens is 1. The predicted octanol–water partition coefficient (Wildman–Crippen LogP) is 4.90. The van der Waals surface area contributed by atoms with Gasteiger partial charge in [0.1, 0.15) is 11.6 Å². The zero-order valence-corrected chi connectivity index (χ0v) is 18.5. The number of aryl methyl sites for hydroxylation is 3. The van der Waals surface area contributed by atoms with Crippen molar-refractivity contribution >= 4 is 13.3 Å². The Morgan fingerprint density at radius 3 is 2.47 bits per heavy atom. The molecule has 0 aromatic heterocycles. The average Bonchev–Trinajstić information content (AvgIpc) is 2.62. The van der Waals surface area contributed by atoms with Crippen LogP contribution in [0.4, 0.5) is 4.39 Å². The molecule has 0 heterocycles. The molecule has 164 valence electrons. The minimum absolute atomic E-state index is 0.136. The van der Waals surface area contributed by atoms with Gasteiger partial charge in [-0.05, 0) is 68.1 Å². The molecule has 2 rings (SSSR count). The van der Waals surface area contributed by atoms with Crippen LogP contribution in [0.15, 0.2) is 30.3 Å². The first kappa shape index (κ1) is 24.1. The Kier molecular flexibility index (Phi) is 8.18. The molecule has 6 nitrogen and oxygen atoms in total. The average molecular weight is 438 g/mol. The summed E-state index contributed by atoms with van der Waals surface area (Å²) in [6.07, 6.45) is -2.46. The highest BCUT2D eigenvalue weighted by Gasteiger charge is 2.29. The third-order valence-electron chi connectivity index (χ3n) is 4.56. The van der Waals surface area contributed by atoms with Crippen molar-refractivity contribution in [1.82, 2.24) is 0 Å². The first-order valence-electron chi connectivity index (χ1n) is 9.67. The molecule has 2 N–H and O–H groups in total. The lowest BCUT2D eigenvalue weighted by Gasteiger charge is -2.22. The van der Waals surface area contributed by atoms with E-state index in [9.17, 15) is 18.9 Å². The number of aliphatic carboxylic acids is 1. The van der Waals surface area contributed by atoms with Gasteiger partial charge in [-0.3, -0.25) is 9.36 Å². The molecule has 0 fully saturated rings. The Hall–Kier alpha value is -2.21. The van der Waals surface area contributed by atoms with Crippen LogP contribution < -0.4 is 4.74 Å². The van der Waals surface area contributed by atoms with Crippen LogP contribution in [0, 0.1) is 26.6 Å². The van der Waals surface area contributed by atoms with Gasteiger partial charge in [-0.25, -0.2) is 4.39 Å². The van der Waals surface area contributed by atoms with Gasteiger partial charge in [-0.1, -0.05) is 12.1 Å². The molecule has 0 saturated heterocycles. The van der Waals surface area contributed by atoms with E-state index in [0.29, 0.717) is 11.3 Å². The molecule has 2 unspecified atom stereocenters. The standard InChI is InChI=1S/C22H28FO6P/c1-5-29-30(27,12-18(24)11-21(25)26)13-28-22-16(4)8-14(2)9-19(22)17-6-7-20(23)15(3)10-17/h6-10,18,24H,5,11-13H2,1-4H3,(H,25,26). The summed E-state index contributed by atoms with van der Waals surface area (Å²) in [5, 5.41) is 18.8. The van der Waals surface area contributed by atoms with E-state index in [1.165, 1.54) is 6.07 Å². The molecule has 0 aliphatic carbocycles. The second-order valence-electron chi connectivity index (χ2n) is 7.36. The van der Waals surface area contributed by atoms with Gasteiger partial charge in [-0.2, -0.15) is 0 Å². The highest BCUT2D eigenvalue weighted by Crippen LogP contribution is 2.49. The molecule has 0 bridgehead atoms. The van der Waals surface area contributed by atoms with E-state index in [4.69, 9.17) is 14.4 Å². The number of hydrogen-bond acceptors (Lipinski definition) is 5. The van der Waals surface area contributed by atoms with Crippen molar-refractivity contribution in [3.05, 3.63) is 52.8 Å². The second-order valence-corrected chi connectivity index (χ2v) is 9.87. The van der Waals surface area contributed by atoms with E-state index in [0.717, 1.165) is 22.3 Å². The van der Waals surface area contributed by atoms with Gasteiger partial charge in [-0.15, -0.1) is 0 Å². The van der Waals surface area contributed by atoms with Crippen molar-refractivity contribution < 1.29 is 33.2 Å². The van der Waals surface area contributed by atoms with Crippen molar-refractivity contribution in [1.29, 1.82) is 0 Å². The predicted molar refractivity (Wildman–Crippen MR) is 114 cm³/mol. The summed E-state index contributed by atoms with van der Waals surface area (Å²) in [6, 6.07) is 8.58. The third-order valence-corrected chi connectivity index (χ3v) is 6.79. The van der Waals surface area contributed by atoms with E-state index in [-0.39, 0.29) is 24.9 Å². The lowest BCUT2D eigenvalue weighted by Crippen LogP contribution is -2.20. The van der Waals surface area contributed by atoms with Gasteiger partial charge in [0.2, 0.25) is 7.37 Å². The van der Waals surface area contributed by atoms with Gasteiger partial charge >= 0.3 is 5.97 Å². The SMILES string of the molecule is CCOP(=O)(COc1c(C)cc(C)cc1-c1ccc(F)c(C)c1)CC(O)CC(=O)O. The second kappa shape index (κ2) is 10.2. The maximum Gasteiger partial charge on any atom is 0.305 e. The molecule has 2 aromatic rings. The van der Waals surface area contributed by atoms with E-state index < -0.39 is 25.9 Å². The zero-order chi connectivity index (χ0) is 22.5. The van der Waals surface area contributed by atoms with E-state index >= 15 is 0 Å². The third kappa shape index (κ3) is 6.39. The minimum atomic E-state index is -3.45. The van der Waals surface area contributed by atoms with E-state index in [1.54, 1.807) is 26.0 Å². The normalized spacial score (nSPS) is 14.2. The summed E-state index contributed by atoms with van der Waals surface area (Å²) < 4.78 is 38.2. The monoisotopic (exact) mass is 438 g/mol. The van der Waals surface area contributed by atoms with Crippen LogP contribution >= 0.6 is 7.37 Å². The summed E-state index contributed by atoms with van der Waals surface area (Å²) in [5.41, 5.74) is 3.77. The van der Waals surface area contributed by atoms with Crippen LogP contribution in [0.5, 0.6) is 5.75 Å². The first-order valence-corrected chi connectivity index (χ1v) is 11.7. The molecule has 30 heavy (non-hydrogen) atoms. The van der Waals surface area contributed by atoms with Crippen LogP contribution in [0.25, 0.3) is 11.1 Å². The van der Waals surface area contributed by atoms with Crippen LogP contribution in [0.2, 0.25) is 0 Å². The Bertz CT molecular complexity index is 959. The molecule has 0 aliphatic heterocycles. The highest BCUT2D eigenvalue weighted by atomic mass is 31.2.